The number of allylic oxidation sites excluding steroid dienone is 2. The summed E-state index contributed by atoms with van der Waals surface area (Å²) in [5, 5.41) is 0. The number of hydrogen-bond acceptors (Lipinski definition) is 5. The number of ether oxygens (including phenoxy) is 2. The molecule has 0 aromatic heterocycles. The van der Waals surface area contributed by atoms with E-state index in [1.807, 2.05) is 26.8 Å². The Labute approximate surface area is 155 Å². The lowest BCUT2D eigenvalue weighted by Crippen LogP contribution is -2.72. The zero-order chi connectivity index (χ0) is 19.5. The lowest BCUT2D eigenvalue weighted by atomic mass is 9.52. The summed E-state index contributed by atoms with van der Waals surface area (Å²) in [5.41, 5.74) is 0.752. The van der Waals surface area contributed by atoms with E-state index in [-0.39, 0.29) is 17.6 Å². The molecule has 3 aliphatic heterocycles. The van der Waals surface area contributed by atoms with E-state index >= 15 is 0 Å². The predicted molar refractivity (Wildman–Crippen MR) is 97.7 cm³/mol. The molecule has 4 rings (SSSR count). The van der Waals surface area contributed by atoms with Gasteiger partial charge in [0.1, 0.15) is 11.0 Å². The number of ketones is 1. The molecule has 0 aromatic rings. The van der Waals surface area contributed by atoms with Crippen LogP contribution >= 0.6 is 0 Å². The van der Waals surface area contributed by atoms with Gasteiger partial charge in [-0.05, 0) is 53.0 Å². The fourth-order valence-electron chi connectivity index (χ4n) is 4.97. The molecule has 26 heavy (non-hydrogen) atoms. The van der Waals surface area contributed by atoms with Gasteiger partial charge in [0.05, 0.1) is 12.7 Å². The number of methoxy groups -OCH3 is 1. The molecule has 4 atom stereocenters. The Morgan fingerprint density at radius 3 is 2.50 bits per heavy atom. The Morgan fingerprint density at radius 1 is 1.31 bits per heavy atom. The largest absolute Gasteiger partial charge is 0.468 e. The van der Waals surface area contributed by atoms with Crippen molar-refractivity contribution in [2.24, 2.45) is 17.3 Å². The van der Waals surface area contributed by atoms with Crippen molar-refractivity contribution in [3.05, 3.63) is 34.8 Å². The summed E-state index contributed by atoms with van der Waals surface area (Å²) in [6.45, 7) is 14.0. The summed E-state index contributed by atoms with van der Waals surface area (Å²) >= 11 is 0. The van der Waals surface area contributed by atoms with Gasteiger partial charge < -0.3 is 9.47 Å². The average molecular weight is 362 g/mol. The van der Waals surface area contributed by atoms with Crippen LogP contribution in [0.15, 0.2) is 34.8 Å². The lowest BCUT2D eigenvalue weighted by molar-refractivity contribution is -0.514. The van der Waals surface area contributed by atoms with Gasteiger partial charge in [-0.3, -0.25) is 4.79 Å². The third-order valence-corrected chi connectivity index (χ3v) is 6.10. The van der Waals surface area contributed by atoms with Crippen molar-refractivity contribution in [1.29, 1.82) is 0 Å². The minimum atomic E-state index is -1.32. The average Bonchev–Trinajstić information content (AvgIpc) is 2.56. The van der Waals surface area contributed by atoms with Crippen LogP contribution in [0.2, 0.25) is 0 Å². The van der Waals surface area contributed by atoms with Crippen LogP contribution in [-0.4, -0.2) is 24.3 Å². The topological polar surface area (TPSA) is 54.0 Å². The summed E-state index contributed by atoms with van der Waals surface area (Å²) in [6.07, 6.45) is 5.18. The predicted octanol–water partition coefficient (Wildman–Crippen LogP) is 4.46. The first-order valence-corrected chi connectivity index (χ1v) is 9.25. The number of rotatable bonds is 4. The van der Waals surface area contributed by atoms with Gasteiger partial charge in [-0.2, -0.15) is 4.89 Å². The van der Waals surface area contributed by atoms with Gasteiger partial charge in [-0.15, -0.1) is 0 Å². The number of hydrogen-bond donors (Lipinski definition) is 0. The minimum Gasteiger partial charge on any atom is -0.468 e. The zero-order valence-electron chi connectivity index (χ0n) is 17.1. The SMILES string of the molecule is COC1=C(C)C(=O)C2(C)C(/C(C)=C/CC(C)C)C3(C)C=C(C)C2(OO3)O1. The van der Waals surface area contributed by atoms with Crippen LogP contribution in [0.1, 0.15) is 54.9 Å². The molecule has 4 unspecified atom stereocenters. The molecule has 0 aromatic carbocycles. The zero-order valence-corrected chi connectivity index (χ0v) is 17.1. The highest BCUT2D eigenvalue weighted by Crippen LogP contribution is 2.64. The molecule has 0 saturated carbocycles. The summed E-state index contributed by atoms with van der Waals surface area (Å²) in [7, 11) is 1.49. The number of Topliss-reactive ketones (excluding diaryl/α,β-unsaturated/α-hetero) is 1. The van der Waals surface area contributed by atoms with E-state index in [1.165, 1.54) is 7.11 Å². The standard InChI is InChI=1S/C21H30O5/c1-12(2)9-10-13(3)16-19(6)11-14(4)21(26-25-19)20(16,7)17(22)15(5)18(23-8)24-21/h10-12,16H,9H2,1-8H3/b13-10+. The van der Waals surface area contributed by atoms with Crippen molar-refractivity contribution in [2.75, 3.05) is 7.11 Å². The maximum absolute atomic E-state index is 13.6. The number of carbonyl (C=O) groups excluding carboxylic acids is 1. The third kappa shape index (κ3) is 2.26. The van der Waals surface area contributed by atoms with E-state index in [1.54, 1.807) is 6.92 Å². The Kier molecular flexibility index (Phi) is 4.40. The molecule has 0 amide bonds. The molecular weight excluding hydrogens is 332 g/mol. The van der Waals surface area contributed by atoms with Gasteiger partial charge in [-0.1, -0.05) is 25.5 Å². The van der Waals surface area contributed by atoms with Crippen LogP contribution < -0.4 is 0 Å². The highest BCUT2D eigenvalue weighted by Gasteiger charge is 2.75. The first-order valence-electron chi connectivity index (χ1n) is 9.25. The Bertz CT molecular complexity index is 731. The summed E-state index contributed by atoms with van der Waals surface area (Å²) in [5.74, 6) is -0.812. The second kappa shape index (κ2) is 5.96. The van der Waals surface area contributed by atoms with E-state index in [9.17, 15) is 4.79 Å². The van der Waals surface area contributed by atoms with Gasteiger partial charge in [-0.25, -0.2) is 4.89 Å². The fraction of sp³-hybridized carbons (Fsp3) is 0.667. The van der Waals surface area contributed by atoms with Crippen LogP contribution in [0.3, 0.4) is 0 Å². The highest BCUT2D eigenvalue weighted by atomic mass is 17.2. The van der Waals surface area contributed by atoms with Crippen molar-refractivity contribution in [1.82, 2.24) is 0 Å². The van der Waals surface area contributed by atoms with Gasteiger partial charge in [0.15, 0.2) is 5.78 Å². The third-order valence-electron chi connectivity index (χ3n) is 6.10. The van der Waals surface area contributed by atoms with Crippen molar-refractivity contribution in [3.63, 3.8) is 0 Å². The maximum atomic E-state index is 13.6. The molecule has 5 nitrogen and oxygen atoms in total. The van der Waals surface area contributed by atoms with Crippen LogP contribution in [0.4, 0.5) is 0 Å². The molecule has 144 valence electrons. The van der Waals surface area contributed by atoms with E-state index in [2.05, 4.69) is 26.8 Å². The van der Waals surface area contributed by atoms with Crippen LogP contribution in [-0.2, 0) is 24.0 Å². The lowest BCUT2D eigenvalue weighted by Gasteiger charge is -2.62. The Balaban J connectivity index is 2.23. The molecule has 3 heterocycles. The highest BCUT2D eigenvalue weighted by molar-refractivity contribution is 6.02. The van der Waals surface area contributed by atoms with E-state index < -0.39 is 16.8 Å². The van der Waals surface area contributed by atoms with Crippen molar-refractivity contribution >= 4 is 5.78 Å². The molecule has 2 bridgehead atoms. The molecule has 1 spiro atoms. The van der Waals surface area contributed by atoms with E-state index in [0.29, 0.717) is 11.5 Å². The smallest absolute Gasteiger partial charge is 0.288 e. The summed E-state index contributed by atoms with van der Waals surface area (Å²) in [4.78, 5) is 25.2. The van der Waals surface area contributed by atoms with Gasteiger partial charge >= 0.3 is 0 Å². The molecule has 5 heteroatoms. The van der Waals surface area contributed by atoms with Crippen LogP contribution in [0, 0.1) is 17.3 Å². The van der Waals surface area contributed by atoms with Crippen molar-refractivity contribution in [3.8, 4) is 0 Å². The molecular formula is C21H30O5. The Hall–Kier alpha value is -1.59. The second-order valence-corrected chi connectivity index (χ2v) is 8.56. The van der Waals surface area contributed by atoms with E-state index in [4.69, 9.17) is 19.2 Å². The molecule has 0 N–H and O–H groups in total. The normalized spacial score (nSPS) is 39.7. The number of fused-ring (bicyclic) bond motifs is 1. The molecule has 1 aliphatic carbocycles. The van der Waals surface area contributed by atoms with Gasteiger partial charge in [0.2, 0.25) is 0 Å². The van der Waals surface area contributed by atoms with Crippen LogP contribution in [0.25, 0.3) is 0 Å². The molecule has 4 aliphatic rings. The molecule has 0 radical (unpaired) electrons. The first-order chi connectivity index (χ1) is 12.0. The summed E-state index contributed by atoms with van der Waals surface area (Å²) in [6, 6.07) is 0. The molecule has 1 fully saturated rings. The van der Waals surface area contributed by atoms with E-state index in [0.717, 1.165) is 17.6 Å². The first kappa shape index (κ1) is 19.2. The second-order valence-electron chi connectivity index (χ2n) is 8.56. The van der Waals surface area contributed by atoms with Gasteiger partial charge in [0.25, 0.3) is 11.7 Å². The van der Waals surface area contributed by atoms with Gasteiger partial charge in [0, 0.05) is 11.5 Å². The number of carbonyl (C=O) groups is 1. The quantitative estimate of drug-likeness (QED) is 0.546. The van der Waals surface area contributed by atoms with Crippen molar-refractivity contribution in [2.45, 2.75) is 66.3 Å². The monoisotopic (exact) mass is 362 g/mol. The van der Waals surface area contributed by atoms with Crippen molar-refractivity contribution < 1.29 is 24.0 Å². The Morgan fingerprint density at radius 2 is 1.96 bits per heavy atom. The minimum absolute atomic E-state index is 0.0233. The fourth-order valence-corrected chi connectivity index (χ4v) is 4.97. The maximum Gasteiger partial charge on any atom is 0.288 e. The molecule has 1 saturated heterocycles. The van der Waals surface area contributed by atoms with Crippen LogP contribution in [0.5, 0.6) is 0 Å². The summed E-state index contributed by atoms with van der Waals surface area (Å²) < 4.78 is 11.5.